The maximum absolute atomic E-state index is 12.3. The van der Waals surface area contributed by atoms with Crippen molar-refractivity contribution in [3.05, 3.63) is 51.1 Å². The van der Waals surface area contributed by atoms with Crippen LogP contribution in [0.25, 0.3) is 0 Å². The number of aromatic nitrogens is 1. The van der Waals surface area contributed by atoms with Crippen LogP contribution < -0.4 is 10.6 Å². The summed E-state index contributed by atoms with van der Waals surface area (Å²) in [5, 5.41) is 6.00. The summed E-state index contributed by atoms with van der Waals surface area (Å²) in [5.41, 5.74) is 2.19. The summed E-state index contributed by atoms with van der Waals surface area (Å²) in [5.74, 6) is 0.320. The number of anilines is 2. The lowest BCUT2D eigenvalue weighted by Gasteiger charge is -2.10. The highest BCUT2D eigenvalue weighted by molar-refractivity contribution is 9.10. The van der Waals surface area contributed by atoms with Gasteiger partial charge in [0.1, 0.15) is 11.0 Å². The first-order valence-electron chi connectivity index (χ1n) is 5.92. The number of hydrogen-bond acceptors (Lipinski definition) is 3. The van der Waals surface area contributed by atoms with Gasteiger partial charge in [-0.1, -0.05) is 33.6 Å². The zero-order chi connectivity index (χ0) is 14.7. The lowest BCUT2D eigenvalue weighted by Crippen LogP contribution is -2.13. The molecule has 2 N–H and O–H groups in total. The Bertz CT molecular complexity index is 661. The van der Waals surface area contributed by atoms with Gasteiger partial charge in [-0.15, -0.1) is 0 Å². The molecule has 1 aromatic heterocycles. The first-order chi connectivity index (χ1) is 9.49. The Morgan fingerprint density at radius 3 is 2.75 bits per heavy atom. The summed E-state index contributed by atoms with van der Waals surface area (Å²) in [6.45, 7) is 1.93. The molecule has 6 heteroatoms. The summed E-state index contributed by atoms with van der Waals surface area (Å²) >= 11 is 9.28. The van der Waals surface area contributed by atoms with Gasteiger partial charge in [0.2, 0.25) is 0 Å². The van der Waals surface area contributed by atoms with E-state index in [0.29, 0.717) is 11.4 Å². The fourth-order valence-corrected chi connectivity index (χ4v) is 2.25. The van der Waals surface area contributed by atoms with E-state index in [1.54, 1.807) is 13.1 Å². The average molecular weight is 355 g/mol. The predicted octanol–water partition coefficient (Wildman–Crippen LogP) is 4.10. The SMILES string of the molecule is CNc1cc(C(=O)Nc2cc(Br)ccc2C)cc(Cl)n1. The second-order valence-electron chi connectivity index (χ2n) is 4.23. The molecule has 0 atom stereocenters. The monoisotopic (exact) mass is 353 g/mol. The number of nitrogens with zero attached hydrogens (tertiary/aromatic N) is 1. The van der Waals surface area contributed by atoms with Crippen LogP contribution in [-0.2, 0) is 0 Å². The molecule has 20 heavy (non-hydrogen) atoms. The lowest BCUT2D eigenvalue weighted by molar-refractivity contribution is 0.102. The van der Waals surface area contributed by atoms with Gasteiger partial charge in [0.15, 0.2) is 0 Å². The third-order valence-electron chi connectivity index (χ3n) is 2.76. The van der Waals surface area contributed by atoms with Crippen molar-refractivity contribution in [2.45, 2.75) is 6.92 Å². The number of nitrogens with one attached hydrogen (secondary N) is 2. The average Bonchev–Trinajstić information content (AvgIpc) is 2.42. The molecule has 0 saturated heterocycles. The summed E-state index contributed by atoms with van der Waals surface area (Å²) in [7, 11) is 1.72. The van der Waals surface area contributed by atoms with Crippen molar-refractivity contribution in [2.75, 3.05) is 17.7 Å². The topological polar surface area (TPSA) is 54.0 Å². The zero-order valence-corrected chi connectivity index (χ0v) is 13.3. The molecule has 0 aliphatic rings. The van der Waals surface area contributed by atoms with E-state index in [4.69, 9.17) is 11.6 Å². The molecular formula is C14H13BrClN3O. The van der Waals surface area contributed by atoms with E-state index in [1.807, 2.05) is 25.1 Å². The third kappa shape index (κ3) is 3.49. The number of amides is 1. The maximum atomic E-state index is 12.3. The van der Waals surface area contributed by atoms with Crippen molar-refractivity contribution in [3.8, 4) is 0 Å². The van der Waals surface area contributed by atoms with Gasteiger partial charge in [0.25, 0.3) is 5.91 Å². The molecule has 4 nitrogen and oxygen atoms in total. The van der Waals surface area contributed by atoms with Crippen LogP contribution in [0.5, 0.6) is 0 Å². The van der Waals surface area contributed by atoms with Gasteiger partial charge >= 0.3 is 0 Å². The Balaban J connectivity index is 2.28. The minimum atomic E-state index is -0.230. The van der Waals surface area contributed by atoms with Gasteiger partial charge in [-0.2, -0.15) is 0 Å². The van der Waals surface area contributed by atoms with Crippen LogP contribution in [0.3, 0.4) is 0 Å². The van der Waals surface area contributed by atoms with Crippen LogP contribution in [0.1, 0.15) is 15.9 Å². The minimum Gasteiger partial charge on any atom is -0.373 e. The number of halogens is 2. The maximum Gasteiger partial charge on any atom is 0.255 e. The Morgan fingerprint density at radius 1 is 1.30 bits per heavy atom. The Morgan fingerprint density at radius 2 is 2.05 bits per heavy atom. The summed E-state index contributed by atoms with van der Waals surface area (Å²) < 4.78 is 0.905. The van der Waals surface area contributed by atoms with E-state index < -0.39 is 0 Å². The van der Waals surface area contributed by atoms with E-state index in [2.05, 4.69) is 31.5 Å². The standard InChI is InChI=1S/C14H13BrClN3O/c1-8-3-4-10(15)7-11(8)18-14(20)9-5-12(16)19-13(6-9)17-2/h3-7H,1-2H3,(H,17,19)(H,18,20). The summed E-state index contributed by atoms with van der Waals surface area (Å²) in [6.07, 6.45) is 0. The van der Waals surface area contributed by atoms with Gasteiger partial charge in [0.05, 0.1) is 0 Å². The molecular weight excluding hydrogens is 342 g/mol. The Labute approximate surface area is 130 Å². The van der Waals surface area contributed by atoms with Crippen molar-refractivity contribution in [1.29, 1.82) is 0 Å². The van der Waals surface area contributed by atoms with Gasteiger partial charge in [-0.25, -0.2) is 4.98 Å². The number of pyridine rings is 1. The fraction of sp³-hybridized carbons (Fsp3) is 0.143. The number of benzene rings is 1. The lowest BCUT2D eigenvalue weighted by atomic mass is 10.2. The molecule has 0 saturated carbocycles. The molecule has 1 amide bonds. The summed E-state index contributed by atoms with van der Waals surface area (Å²) in [4.78, 5) is 16.3. The number of hydrogen-bond donors (Lipinski definition) is 2. The van der Waals surface area contributed by atoms with Crippen LogP contribution in [0, 0.1) is 6.92 Å². The second-order valence-corrected chi connectivity index (χ2v) is 5.53. The number of carbonyl (C=O) groups excluding carboxylic acids is 1. The number of aryl methyl sites for hydroxylation is 1. The summed E-state index contributed by atoms with van der Waals surface area (Å²) in [6, 6.07) is 8.89. The molecule has 0 unspecified atom stereocenters. The highest BCUT2D eigenvalue weighted by Gasteiger charge is 2.10. The van der Waals surface area contributed by atoms with E-state index in [9.17, 15) is 4.79 Å². The van der Waals surface area contributed by atoms with Crippen molar-refractivity contribution in [1.82, 2.24) is 4.98 Å². The molecule has 0 aliphatic carbocycles. The van der Waals surface area contributed by atoms with Crippen molar-refractivity contribution in [2.24, 2.45) is 0 Å². The smallest absolute Gasteiger partial charge is 0.255 e. The molecule has 104 valence electrons. The fourth-order valence-electron chi connectivity index (χ4n) is 1.68. The zero-order valence-electron chi connectivity index (χ0n) is 11.0. The van der Waals surface area contributed by atoms with Crippen LogP contribution in [0.15, 0.2) is 34.8 Å². The molecule has 2 rings (SSSR count). The van der Waals surface area contributed by atoms with Crippen molar-refractivity contribution < 1.29 is 4.79 Å². The van der Waals surface area contributed by atoms with Gasteiger partial charge in [-0.05, 0) is 36.8 Å². The third-order valence-corrected chi connectivity index (χ3v) is 3.45. The number of rotatable bonds is 3. The number of carbonyl (C=O) groups is 1. The first-order valence-corrected chi connectivity index (χ1v) is 7.09. The van der Waals surface area contributed by atoms with E-state index >= 15 is 0 Å². The molecule has 2 aromatic rings. The van der Waals surface area contributed by atoms with Crippen LogP contribution >= 0.6 is 27.5 Å². The van der Waals surface area contributed by atoms with Crippen LogP contribution in [0.4, 0.5) is 11.5 Å². The second kappa shape index (κ2) is 6.24. The quantitative estimate of drug-likeness (QED) is 0.816. The molecule has 0 spiro atoms. The van der Waals surface area contributed by atoms with Crippen LogP contribution in [0.2, 0.25) is 5.15 Å². The molecule has 0 bridgehead atoms. The van der Waals surface area contributed by atoms with Gasteiger partial charge in [0, 0.05) is 22.8 Å². The highest BCUT2D eigenvalue weighted by atomic mass is 79.9. The normalized spacial score (nSPS) is 10.2. The van der Waals surface area contributed by atoms with Crippen LogP contribution in [-0.4, -0.2) is 17.9 Å². The van der Waals surface area contributed by atoms with E-state index in [-0.39, 0.29) is 11.1 Å². The minimum absolute atomic E-state index is 0.230. The predicted molar refractivity (Wildman–Crippen MR) is 85.6 cm³/mol. The first kappa shape index (κ1) is 14.8. The van der Waals surface area contributed by atoms with E-state index in [1.165, 1.54) is 6.07 Å². The molecule has 0 aliphatic heterocycles. The van der Waals surface area contributed by atoms with Crippen molar-refractivity contribution in [3.63, 3.8) is 0 Å². The van der Waals surface area contributed by atoms with E-state index in [0.717, 1.165) is 15.7 Å². The molecule has 0 fully saturated rings. The Kier molecular flexibility index (Phi) is 4.62. The molecule has 0 radical (unpaired) electrons. The molecule has 1 heterocycles. The van der Waals surface area contributed by atoms with Crippen molar-refractivity contribution >= 4 is 44.9 Å². The highest BCUT2D eigenvalue weighted by Crippen LogP contribution is 2.22. The van der Waals surface area contributed by atoms with Gasteiger partial charge < -0.3 is 10.6 Å². The molecule has 1 aromatic carbocycles. The Hall–Kier alpha value is -1.59. The largest absolute Gasteiger partial charge is 0.373 e. The van der Waals surface area contributed by atoms with Gasteiger partial charge in [-0.3, -0.25) is 4.79 Å².